The summed E-state index contributed by atoms with van der Waals surface area (Å²) >= 11 is 0. The van der Waals surface area contributed by atoms with Crippen LogP contribution in [-0.4, -0.2) is 35.4 Å². The number of amides is 1. The quantitative estimate of drug-likeness (QED) is 0.489. The molecule has 1 amide bonds. The molecule has 0 unspecified atom stereocenters. The molecule has 5 heteroatoms. The van der Waals surface area contributed by atoms with Gasteiger partial charge in [0.25, 0.3) is 5.91 Å². The summed E-state index contributed by atoms with van der Waals surface area (Å²) in [6, 6.07) is -0.489. The number of hydrogen-bond donors (Lipinski definition) is 3. The fourth-order valence-electron chi connectivity index (χ4n) is 1.04. The molecule has 1 aliphatic heterocycles. The van der Waals surface area contributed by atoms with Gasteiger partial charge in [0, 0.05) is 0 Å². The molecule has 68 valence electrons. The minimum Gasteiger partial charge on any atom is -0.506 e. The number of carbonyl (C=O) groups excluding carboxylic acids is 1. The minimum absolute atomic E-state index is 0.222. The van der Waals surface area contributed by atoms with Crippen molar-refractivity contribution in [2.75, 3.05) is 7.11 Å². The summed E-state index contributed by atoms with van der Waals surface area (Å²) in [4.78, 5) is 11.0. The Morgan fingerprint density at radius 2 is 2.17 bits per heavy atom. The van der Waals surface area contributed by atoms with Gasteiger partial charge in [-0.1, -0.05) is 0 Å². The third-order valence-corrected chi connectivity index (χ3v) is 1.76. The van der Waals surface area contributed by atoms with Crippen molar-refractivity contribution in [3.8, 4) is 0 Å². The number of aliphatic hydroxyl groups is 2. The van der Waals surface area contributed by atoms with Crippen LogP contribution in [0, 0.1) is 0 Å². The van der Waals surface area contributed by atoms with Crippen LogP contribution < -0.4 is 5.32 Å². The van der Waals surface area contributed by atoms with Gasteiger partial charge in [0.1, 0.15) is 6.10 Å². The first-order valence-corrected chi connectivity index (χ1v) is 3.54. The average Bonchev–Trinajstić information content (AvgIpc) is 2.01. The molecule has 0 fully saturated rings. The lowest BCUT2D eigenvalue weighted by molar-refractivity contribution is -0.124. The van der Waals surface area contributed by atoms with Crippen molar-refractivity contribution in [1.82, 2.24) is 5.32 Å². The Labute approximate surface area is 69.6 Å². The summed E-state index contributed by atoms with van der Waals surface area (Å²) in [7, 11) is 1.26. The molecule has 2 atom stereocenters. The number of ether oxygens (including phenoxy) is 1. The molecule has 0 aromatic heterocycles. The molecular formula is C7H11NO4. The van der Waals surface area contributed by atoms with Crippen LogP contribution in [0.3, 0.4) is 0 Å². The molecule has 1 aliphatic rings. The van der Waals surface area contributed by atoms with Gasteiger partial charge in [-0.25, -0.2) is 0 Å². The molecule has 0 aliphatic carbocycles. The summed E-state index contributed by atoms with van der Waals surface area (Å²) in [5, 5.41) is 20.9. The van der Waals surface area contributed by atoms with E-state index in [-0.39, 0.29) is 5.76 Å². The number of rotatable bonds is 1. The summed E-state index contributed by atoms with van der Waals surface area (Å²) in [5.41, 5.74) is 0. The Kier molecular flexibility index (Phi) is 2.23. The average molecular weight is 173 g/mol. The molecule has 12 heavy (non-hydrogen) atoms. The van der Waals surface area contributed by atoms with Gasteiger partial charge >= 0.3 is 0 Å². The fourth-order valence-corrected chi connectivity index (χ4v) is 1.04. The maximum Gasteiger partial charge on any atom is 0.290 e. The van der Waals surface area contributed by atoms with E-state index in [9.17, 15) is 15.0 Å². The van der Waals surface area contributed by atoms with Crippen molar-refractivity contribution in [1.29, 1.82) is 0 Å². The monoisotopic (exact) mass is 173 g/mol. The minimum atomic E-state index is -1.09. The lowest BCUT2D eigenvalue weighted by Crippen LogP contribution is -2.48. The number of methoxy groups -OCH3 is 1. The zero-order valence-corrected chi connectivity index (χ0v) is 6.87. The van der Waals surface area contributed by atoms with E-state index in [0.29, 0.717) is 0 Å². The molecule has 0 saturated heterocycles. The highest BCUT2D eigenvalue weighted by atomic mass is 16.5. The van der Waals surface area contributed by atoms with Crippen LogP contribution in [0.15, 0.2) is 11.5 Å². The van der Waals surface area contributed by atoms with Crippen molar-refractivity contribution >= 4 is 5.91 Å². The largest absolute Gasteiger partial charge is 0.506 e. The van der Waals surface area contributed by atoms with Gasteiger partial charge < -0.3 is 20.3 Å². The van der Waals surface area contributed by atoms with Gasteiger partial charge in [-0.3, -0.25) is 4.79 Å². The maximum absolute atomic E-state index is 11.0. The van der Waals surface area contributed by atoms with Crippen LogP contribution in [-0.2, 0) is 9.53 Å². The first-order valence-electron chi connectivity index (χ1n) is 3.54. The lowest BCUT2D eigenvalue weighted by Gasteiger charge is -2.26. The van der Waals surface area contributed by atoms with Crippen molar-refractivity contribution in [2.24, 2.45) is 0 Å². The molecule has 5 nitrogen and oxygen atoms in total. The Morgan fingerprint density at radius 3 is 2.67 bits per heavy atom. The molecule has 1 heterocycles. The van der Waals surface area contributed by atoms with E-state index >= 15 is 0 Å². The number of aliphatic hydroxyl groups excluding tert-OH is 2. The molecule has 0 spiro atoms. The van der Waals surface area contributed by atoms with Crippen LogP contribution in [0.4, 0.5) is 0 Å². The van der Waals surface area contributed by atoms with Crippen LogP contribution in [0.5, 0.6) is 0 Å². The summed E-state index contributed by atoms with van der Waals surface area (Å²) in [5.74, 6) is -1.14. The first-order chi connectivity index (χ1) is 5.57. The van der Waals surface area contributed by atoms with E-state index in [4.69, 9.17) is 0 Å². The molecule has 0 bridgehead atoms. The maximum atomic E-state index is 11.0. The second-order valence-electron chi connectivity index (χ2n) is 2.63. The van der Waals surface area contributed by atoms with E-state index in [1.807, 2.05) is 0 Å². The normalized spacial score (nSPS) is 30.1. The zero-order valence-electron chi connectivity index (χ0n) is 6.87. The van der Waals surface area contributed by atoms with E-state index < -0.39 is 23.8 Å². The molecule has 0 aromatic rings. The standard InChI is InChI=1S/C7H11NO4/c1-3-4(9)5(10)6(12-2)7(11)8-3/h3-4,9-10H,1-2H3,(H,8,11)/t3-,4-/m1/s1. The Bertz CT molecular complexity index is 236. The molecule has 0 radical (unpaired) electrons. The number of nitrogens with one attached hydrogen (secondary N) is 1. The van der Waals surface area contributed by atoms with Gasteiger partial charge in [0.15, 0.2) is 5.76 Å². The van der Waals surface area contributed by atoms with Crippen molar-refractivity contribution in [3.05, 3.63) is 11.5 Å². The summed E-state index contributed by atoms with van der Waals surface area (Å²) < 4.78 is 4.59. The Balaban J connectivity index is 2.99. The van der Waals surface area contributed by atoms with Crippen LogP contribution in [0.1, 0.15) is 6.92 Å². The smallest absolute Gasteiger partial charge is 0.290 e. The molecular weight excluding hydrogens is 162 g/mol. The van der Waals surface area contributed by atoms with E-state index in [2.05, 4.69) is 10.1 Å². The first kappa shape index (κ1) is 8.86. The van der Waals surface area contributed by atoms with Crippen molar-refractivity contribution in [2.45, 2.75) is 19.1 Å². The van der Waals surface area contributed by atoms with E-state index in [1.165, 1.54) is 7.11 Å². The highest BCUT2D eigenvalue weighted by Crippen LogP contribution is 2.15. The van der Waals surface area contributed by atoms with Crippen LogP contribution in [0.2, 0.25) is 0 Å². The van der Waals surface area contributed by atoms with E-state index in [1.54, 1.807) is 6.92 Å². The fraction of sp³-hybridized carbons (Fsp3) is 0.571. The molecule has 0 saturated carbocycles. The van der Waals surface area contributed by atoms with Gasteiger partial charge in [-0.05, 0) is 6.92 Å². The highest BCUT2D eigenvalue weighted by molar-refractivity contribution is 5.93. The van der Waals surface area contributed by atoms with Crippen LogP contribution in [0.25, 0.3) is 0 Å². The number of carbonyl (C=O) groups is 1. The predicted molar refractivity (Wildman–Crippen MR) is 40.3 cm³/mol. The third-order valence-electron chi connectivity index (χ3n) is 1.76. The molecule has 3 N–H and O–H groups in total. The Hall–Kier alpha value is -1.23. The highest BCUT2D eigenvalue weighted by Gasteiger charge is 2.32. The topological polar surface area (TPSA) is 78.8 Å². The van der Waals surface area contributed by atoms with Gasteiger partial charge in [-0.2, -0.15) is 0 Å². The van der Waals surface area contributed by atoms with Crippen LogP contribution >= 0.6 is 0 Å². The SMILES string of the molecule is COC1=C(O)[C@H](O)[C@@H](C)NC1=O. The zero-order chi connectivity index (χ0) is 9.30. The molecule has 1 rings (SSSR count). The van der Waals surface area contributed by atoms with Gasteiger partial charge in [0.2, 0.25) is 5.76 Å². The second kappa shape index (κ2) is 3.02. The lowest BCUT2D eigenvalue weighted by atomic mass is 10.1. The van der Waals surface area contributed by atoms with E-state index in [0.717, 1.165) is 0 Å². The third kappa shape index (κ3) is 1.23. The van der Waals surface area contributed by atoms with Gasteiger partial charge in [-0.15, -0.1) is 0 Å². The van der Waals surface area contributed by atoms with Gasteiger partial charge in [0.05, 0.1) is 13.2 Å². The summed E-state index contributed by atoms with van der Waals surface area (Å²) in [6.45, 7) is 1.59. The number of hydrogen-bond acceptors (Lipinski definition) is 4. The molecule has 0 aromatic carbocycles. The van der Waals surface area contributed by atoms with Crippen molar-refractivity contribution in [3.63, 3.8) is 0 Å². The summed E-state index contributed by atoms with van der Waals surface area (Å²) in [6.07, 6.45) is -1.09. The second-order valence-corrected chi connectivity index (χ2v) is 2.63. The van der Waals surface area contributed by atoms with Crippen molar-refractivity contribution < 1.29 is 19.7 Å². The Morgan fingerprint density at radius 1 is 1.58 bits per heavy atom. The predicted octanol–water partition coefficient (Wildman–Crippen LogP) is -0.718.